The third kappa shape index (κ3) is 15.8. The molecule has 3 amide bonds. The Balaban J connectivity index is 0.717. The summed E-state index contributed by atoms with van der Waals surface area (Å²) in [6, 6.07) is 38.4. The quantitative estimate of drug-likeness (QED) is 0.0315. The maximum atomic E-state index is 16.1. The molecule has 5 N–H and O–H groups in total. The van der Waals surface area contributed by atoms with Crippen molar-refractivity contribution in [1.82, 2.24) is 44.6 Å². The fraction of sp³-hybridized carbons (Fsp3) is 0.421. The lowest BCUT2D eigenvalue weighted by atomic mass is 9.85. The number of piperidine rings is 1. The van der Waals surface area contributed by atoms with Gasteiger partial charge < -0.3 is 34.9 Å². The van der Waals surface area contributed by atoms with Gasteiger partial charge in [-0.1, -0.05) is 139 Å². The molecule has 0 unspecified atom stereocenters. The number of hydrogen-bond acceptors (Lipinski definition) is 14. The molecular weight excluding hydrogens is 1340 g/mol. The number of carbonyl (C=O) groups is 4. The third-order valence-corrected chi connectivity index (χ3v) is 27.9. The van der Waals surface area contributed by atoms with Gasteiger partial charge in [0.05, 0.1) is 52.6 Å². The van der Waals surface area contributed by atoms with E-state index in [9.17, 15) is 37.1 Å². The zero-order valence-corrected chi connectivity index (χ0v) is 61.0. The maximum absolute atomic E-state index is 16.1. The number of aryl methyl sites for hydroxylation is 1. The van der Waals surface area contributed by atoms with Crippen LogP contribution in [-0.4, -0.2) is 182 Å². The summed E-state index contributed by atoms with van der Waals surface area (Å²) >= 11 is 1.57. The fourth-order valence-corrected chi connectivity index (χ4v) is 21.6. The van der Waals surface area contributed by atoms with Crippen molar-refractivity contribution < 1.29 is 50.3 Å². The lowest BCUT2D eigenvalue weighted by molar-refractivity contribution is -0.144. The van der Waals surface area contributed by atoms with Gasteiger partial charge in [0.2, 0.25) is 23.5 Å². The van der Waals surface area contributed by atoms with E-state index in [0.717, 1.165) is 81.9 Å². The standard InChI is InChI=1S/C76H90F3N11O8S2Si/c1-48(51-19-21-53(22-20-51)70-49(2)82-47-99-70)83-73(94)65-38-58(91)44-90(65)74(95)71(75(3,4)5)84-66(92)45-86-32-29-50(30-33-86)41-87-35-36-88(43-57(87)46-98-101(76(6,7)8,59-15-11-9-12-16-59)60-17-13-10-14-18-60)56-25-23-52(24-26-56)54-37-61-62(40-81-72(61)80-39-54)69(93)67-63(78)27-28-64(68(67)79)85-100(96,97)89-34-31-55(77)42-89/h9-28,37,39-40,47-48,50,55,57-58,65,71,85,91H,29-36,38,41-46H2,1-8H3,(H,80,81)(H,83,94)(H,84,92)/t48-,55+,57-,58+,65-,71+/m0/s1. The Morgan fingerprint density at radius 2 is 1.47 bits per heavy atom. The van der Waals surface area contributed by atoms with Crippen LogP contribution in [0.4, 0.5) is 24.5 Å². The number of rotatable bonds is 22. The molecule has 4 aliphatic rings. The number of likely N-dealkylation sites (tertiary alicyclic amines) is 2. The van der Waals surface area contributed by atoms with Gasteiger partial charge in [0.15, 0.2) is 5.82 Å². The van der Waals surface area contributed by atoms with Gasteiger partial charge >= 0.3 is 10.2 Å². The summed E-state index contributed by atoms with van der Waals surface area (Å²) in [5, 5.41) is 19.5. The number of nitrogens with zero attached hydrogens (tertiary/aromatic N) is 7. The number of fused-ring (bicyclic) bond motifs is 1. The van der Waals surface area contributed by atoms with Crippen LogP contribution in [0.15, 0.2) is 145 Å². The van der Waals surface area contributed by atoms with Crippen molar-refractivity contribution in [3.8, 4) is 21.6 Å². The number of thiazole rings is 1. The van der Waals surface area contributed by atoms with Crippen molar-refractivity contribution in [3.05, 3.63) is 179 Å². The molecule has 7 heterocycles. The summed E-state index contributed by atoms with van der Waals surface area (Å²) in [5.41, 5.74) is 4.99. The summed E-state index contributed by atoms with van der Waals surface area (Å²) in [6.45, 7) is 20.7. The van der Waals surface area contributed by atoms with Crippen molar-refractivity contribution in [2.45, 2.75) is 123 Å². The first-order valence-electron chi connectivity index (χ1n) is 34.7. The highest BCUT2D eigenvalue weighted by molar-refractivity contribution is 7.90. The number of hydrogen-bond donors (Lipinski definition) is 5. The lowest BCUT2D eigenvalue weighted by Gasteiger charge is -2.48. The zero-order valence-electron chi connectivity index (χ0n) is 58.4. The van der Waals surface area contributed by atoms with Crippen molar-refractivity contribution >= 4 is 86.1 Å². The molecule has 4 saturated heterocycles. The average molecular weight is 1430 g/mol. The predicted octanol–water partition coefficient (Wildman–Crippen LogP) is 10.0. The summed E-state index contributed by atoms with van der Waals surface area (Å²) < 4.78 is 82.3. The lowest BCUT2D eigenvalue weighted by Crippen LogP contribution is -2.68. The highest BCUT2D eigenvalue weighted by Crippen LogP contribution is 2.39. The predicted molar refractivity (Wildman–Crippen MR) is 392 cm³/mol. The van der Waals surface area contributed by atoms with Gasteiger partial charge in [0, 0.05) is 92.9 Å². The van der Waals surface area contributed by atoms with Gasteiger partial charge in [0.25, 0.3) is 8.32 Å². The molecule has 19 nitrogen and oxygen atoms in total. The van der Waals surface area contributed by atoms with Crippen LogP contribution in [0.3, 0.4) is 0 Å². The SMILES string of the molecule is Cc1ncsc1-c1ccc([C@H](C)NC(=O)[C@@H]2C[C@@H](O)CN2C(=O)[C@@H](NC(=O)CN2CCC(CN3CCN(c4ccc(-c5cnc6[nH]cc(C(=O)c7c(F)ccc(NS(=O)(=O)N8CC[C@@H](F)C8)c7F)c6c5)cc4)C[C@H]3CO[Si](c3ccccc3)(c3ccccc3)C(C)(C)C)CC2)C(C)(C)C)cc1. The second kappa shape index (κ2) is 30.0. The van der Waals surface area contributed by atoms with Crippen molar-refractivity contribution in [3.63, 3.8) is 0 Å². The Labute approximate surface area is 594 Å². The minimum atomic E-state index is -4.41. The molecule has 0 spiro atoms. The van der Waals surface area contributed by atoms with Crippen LogP contribution in [0, 0.1) is 29.9 Å². The highest BCUT2D eigenvalue weighted by Gasteiger charge is 2.51. The van der Waals surface area contributed by atoms with E-state index < -0.39 is 89.4 Å². The van der Waals surface area contributed by atoms with Gasteiger partial charge in [0.1, 0.15) is 29.7 Å². The first-order chi connectivity index (χ1) is 48.1. The van der Waals surface area contributed by atoms with Gasteiger partial charge in [-0.2, -0.15) is 12.7 Å². The van der Waals surface area contributed by atoms with Crippen LogP contribution in [-0.2, 0) is 29.0 Å². The number of anilines is 2. The van der Waals surface area contributed by atoms with Crippen LogP contribution in [0.2, 0.25) is 5.04 Å². The Morgan fingerprint density at radius 1 is 0.792 bits per heavy atom. The van der Waals surface area contributed by atoms with E-state index in [4.69, 9.17) is 4.43 Å². The molecular formula is C76H90F3N11O8S2Si. The van der Waals surface area contributed by atoms with E-state index in [1.165, 1.54) is 21.5 Å². The number of amides is 3. The van der Waals surface area contributed by atoms with E-state index in [-0.39, 0.29) is 67.0 Å². The normalized spacial score (nSPS) is 19.9. The van der Waals surface area contributed by atoms with E-state index in [2.05, 4.69) is 126 Å². The van der Waals surface area contributed by atoms with Gasteiger partial charge in [-0.05, 0) is 120 Å². The van der Waals surface area contributed by atoms with E-state index >= 15 is 8.78 Å². The average Bonchev–Trinajstić information content (AvgIpc) is 1.30. The van der Waals surface area contributed by atoms with Gasteiger partial charge in [-0.25, -0.2) is 23.1 Å². The number of aromatic amines is 1. The van der Waals surface area contributed by atoms with Gasteiger partial charge in [-0.3, -0.25) is 33.7 Å². The molecule has 0 aliphatic carbocycles. The molecule has 4 fully saturated rings. The molecule has 5 aromatic carbocycles. The second-order valence-corrected chi connectivity index (χ2v) is 36.3. The first kappa shape index (κ1) is 72.6. The summed E-state index contributed by atoms with van der Waals surface area (Å²) in [7, 11) is -7.39. The molecule has 0 radical (unpaired) electrons. The number of halogens is 3. The Kier molecular flexibility index (Phi) is 21.6. The zero-order chi connectivity index (χ0) is 71.7. The second-order valence-electron chi connectivity index (χ2n) is 29.5. The number of aliphatic hydroxyl groups excluding tert-OH is 1. The number of benzene rings is 5. The van der Waals surface area contributed by atoms with Crippen molar-refractivity contribution in [2.24, 2.45) is 11.3 Å². The minimum absolute atomic E-state index is 0.0177. The van der Waals surface area contributed by atoms with Crippen LogP contribution < -0.4 is 30.6 Å². The molecule has 0 saturated carbocycles. The highest BCUT2D eigenvalue weighted by atomic mass is 32.2. The smallest absolute Gasteiger partial charge is 0.301 e. The summed E-state index contributed by atoms with van der Waals surface area (Å²) in [4.78, 5) is 78.5. The maximum Gasteiger partial charge on any atom is 0.301 e. The molecule has 0 bridgehead atoms. The number of aliphatic hydroxyl groups is 1. The molecule has 3 aromatic heterocycles. The van der Waals surface area contributed by atoms with Crippen LogP contribution in [0.25, 0.3) is 32.6 Å². The molecule has 534 valence electrons. The van der Waals surface area contributed by atoms with Crippen molar-refractivity contribution in [2.75, 3.05) is 81.7 Å². The topological polar surface area (TPSA) is 226 Å². The number of carbonyl (C=O) groups excluding carboxylic acids is 4. The molecule has 4 aliphatic heterocycles. The molecule has 101 heavy (non-hydrogen) atoms. The van der Waals surface area contributed by atoms with Crippen LogP contribution in [0.5, 0.6) is 0 Å². The molecule has 6 atom stereocenters. The Bertz CT molecular complexity index is 4360. The Hall–Kier alpha value is -8.14. The Morgan fingerprint density at radius 3 is 2.09 bits per heavy atom. The molecule has 8 aromatic rings. The van der Waals surface area contributed by atoms with E-state index in [0.29, 0.717) is 48.8 Å². The number of pyridine rings is 1. The minimum Gasteiger partial charge on any atom is -0.406 e. The molecule has 25 heteroatoms. The third-order valence-electron chi connectivity index (χ3n) is 20.5. The fourth-order valence-electron chi connectivity index (χ4n) is 14.9. The summed E-state index contributed by atoms with van der Waals surface area (Å²) in [5.74, 6) is -4.37. The largest absolute Gasteiger partial charge is 0.406 e. The van der Waals surface area contributed by atoms with Crippen LogP contribution in [0.1, 0.15) is 107 Å². The van der Waals surface area contributed by atoms with Gasteiger partial charge in [-0.15, -0.1) is 11.3 Å². The van der Waals surface area contributed by atoms with E-state index in [1.807, 2.05) is 88.7 Å². The number of H-pyrrole nitrogens is 1. The number of piperazine rings is 1. The number of β-amino-alcohol motifs (C(OH)–C–C–N with tert-alkyl or cyclic N) is 1. The number of aromatic nitrogens is 3. The number of nitrogens with one attached hydrogen (secondary N) is 4. The number of alkyl halides is 1. The van der Waals surface area contributed by atoms with E-state index in [1.54, 1.807) is 23.6 Å². The number of ketones is 1. The summed E-state index contributed by atoms with van der Waals surface area (Å²) in [6.07, 6.45) is 2.45. The first-order valence-corrected chi connectivity index (χ1v) is 39.0. The monoisotopic (exact) mass is 1430 g/mol. The van der Waals surface area contributed by atoms with Crippen molar-refractivity contribution in [1.29, 1.82) is 0 Å². The molecule has 12 rings (SSSR count). The van der Waals surface area contributed by atoms with Crippen LogP contribution >= 0.6 is 11.3 Å².